The summed E-state index contributed by atoms with van der Waals surface area (Å²) >= 11 is 0. The number of carbonyl (C=O) groups excluding carboxylic acids is 2. The fourth-order valence-corrected chi connectivity index (χ4v) is 2.86. The molecule has 32 heavy (non-hydrogen) atoms. The summed E-state index contributed by atoms with van der Waals surface area (Å²) in [6, 6.07) is 16.6. The van der Waals surface area contributed by atoms with Crippen LogP contribution in [0.15, 0.2) is 70.6 Å². The molecule has 0 aliphatic carbocycles. The van der Waals surface area contributed by atoms with Crippen LogP contribution in [0.4, 0.5) is 11.4 Å². The topological polar surface area (TPSA) is 99.3 Å². The van der Waals surface area contributed by atoms with Crippen LogP contribution in [-0.2, 0) is 21.1 Å². The number of nitrogens with zero attached hydrogens (tertiary/aromatic N) is 2. The van der Waals surface area contributed by atoms with Crippen LogP contribution in [0.5, 0.6) is 11.5 Å². The maximum absolute atomic E-state index is 11.8. The van der Waals surface area contributed by atoms with Crippen molar-refractivity contribution in [3.63, 3.8) is 0 Å². The molecule has 3 rings (SSSR count). The van der Waals surface area contributed by atoms with Gasteiger partial charge in [-0.15, -0.1) is 0 Å². The van der Waals surface area contributed by atoms with Gasteiger partial charge in [0.2, 0.25) is 0 Å². The zero-order valence-corrected chi connectivity index (χ0v) is 19.8. The first-order valence-electron chi connectivity index (χ1n) is 9.76. The van der Waals surface area contributed by atoms with Crippen LogP contribution in [0.1, 0.15) is 52.1 Å². The fraction of sp³-hybridized carbons (Fsp3) is 0.120. The zero-order chi connectivity index (χ0) is 22.4. The van der Waals surface area contributed by atoms with Crippen molar-refractivity contribution < 1.29 is 40.9 Å². The second kappa shape index (κ2) is 11.3. The molecule has 0 saturated carbocycles. The van der Waals surface area contributed by atoms with E-state index in [0.29, 0.717) is 40.0 Å². The largest absolute Gasteiger partial charge is 0.507 e. The van der Waals surface area contributed by atoms with E-state index in [9.17, 15) is 19.8 Å². The van der Waals surface area contributed by atoms with Crippen LogP contribution in [0.3, 0.4) is 0 Å². The van der Waals surface area contributed by atoms with Gasteiger partial charge in [-0.25, -0.2) is 0 Å². The summed E-state index contributed by atoms with van der Waals surface area (Å²) in [5.41, 5.74) is 2.95. The molecular weight excluding hydrogens is 587 g/mol. The fourth-order valence-electron chi connectivity index (χ4n) is 2.86. The number of aromatic hydroxyl groups is 2. The minimum absolute atomic E-state index is 0. The summed E-state index contributed by atoms with van der Waals surface area (Å²) in [7, 11) is 0. The number of hydrogen-bond donors (Lipinski definition) is 2. The number of para-hydroxylation sites is 2. The molecule has 0 saturated heterocycles. The van der Waals surface area contributed by atoms with E-state index < -0.39 is 0 Å². The number of phenolic OH excluding ortho intramolecular Hbond substituents is 2. The van der Waals surface area contributed by atoms with Gasteiger partial charge >= 0.3 is 0 Å². The molecule has 7 heteroatoms. The number of aliphatic imine (C=N–C) groups is 2. The molecule has 2 N–H and O–H groups in total. The van der Waals surface area contributed by atoms with Gasteiger partial charge < -0.3 is 10.2 Å². The van der Waals surface area contributed by atoms with Gasteiger partial charge in [-0.3, -0.25) is 19.6 Å². The van der Waals surface area contributed by atoms with Gasteiger partial charge in [0.1, 0.15) is 11.5 Å². The molecule has 0 aliphatic heterocycles. The molecule has 0 fully saturated rings. The van der Waals surface area contributed by atoms with Crippen molar-refractivity contribution in [2.45, 2.75) is 20.3 Å². The summed E-state index contributed by atoms with van der Waals surface area (Å²) in [5.74, 6) is -0.240. The number of carbonyl (C=O) groups is 2. The molecule has 0 aromatic heterocycles. The van der Waals surface area contributed by atoms with Crippen molar-refractivity contribution in [3.8, 4) is 11.5 Å². The molecule has 0 radical (unpaired) electrons. The first-order valence-corrected chi connectivity index (χ1v) is 9.76. The third-order valence-electron chi connectivity index (χ3n) is 4.68. The van der Waals surface area contributed by atoms with Crippen LogP contribution < -0.4 is 0 Å². The number of rotatable bonds is 7. The van der Waals surface area contributed by atoms with E-state index in [1.807, 2.05) is 12.1 Å². The zero-order valence-electron chi connectivity index (χ0n) is 17.6. The van der Waals surface area contributed by atoms with E-state index >= 15 is 0 Å². The number of benzene rings is 3. The Morgan fingerprint density at radius 2 is 1.28 bits per heavy atom. The summed E-state index contributed by atoms with van der Waals surface area (Å²) in [4.78, 5) is 32.0. The van der Waals surface area contributed by atoms with Crippen molar-refractivity contribution in [1.29, 1.82) is 0 Å². The van der Waals surface area contributed by atoms with Crippen molar-refractivity contribution in [2.24, 2.45) is 9.98 Å². The maximum Gasteiger partial charge on any atom is 0.162 e. The Labute approximate surface area is 200 Å². The molecule has 0 atom stereocenters. The smallest absolute Gasteiger partial charge is 0.162 e. The molecule has 166 valence electrons. The molecular formula is C25H22N2O4Pt. The Hall–Kier alpha value is -3.37. The Morgan fingerprint density at radius 1 is 0.812 bits per heavy atom. The number of Topliss-reactive ketones (excluding diaryl/α,β-unsaturated/α-hetero) is 2. The van der Waals surface area contributed by atoms with Crippen LogP contribution in [0.25, 0.3) is 0 Å². The van der Waals surface area contributed by atoms with E-state index in [0.717, 1.165) is 0 Å². The van der Waals surface area contributed by atoms with Gasteiger partial charge in [0, 0.05) is 62.2 Å². The number of ketones is 2. The molecule has 0 heterocycles. The van der Waals surface area contributed by atoms with Gasteiger partial charge in [0.15, 0.2) is 11.6 Å². The van der Waals surface area contributed by atoms with Crippen molar-refractivity contribution in [2.75, 3.05) is 0 Å². The van der Waals surface area contributed by atoms with Gasteiger partial charge in [0.05, 0.1) is 11.4 Å². The molecule has 6 nitrogen and oxygen atoms in total. The first-order chi connectivity index (χ1) is 14.9. The van der Waals surface area contributed by atoms with Crippen molar-refractivity contribution >= 4 is 35.4 Å². The number of phenols is 2. The Kier molecular flexibility index (Phi) is 8.79. The molecule has 0 amide bonds. The maximum atomic E-state index is 11.8. The predicted molar refractivity (Wildman–Crippen MR) is 122 cm³/mol. The molecule has 0 aliphatic rings. The second-order valence-electron chi connectivity index (χ2n) is 6.89. The third-order valence-corrected chi connectivity index (χ3v) is 4.68. The summed E-state index contributed by atoms with van der Waals surface area (Å²) in [6.45, 7) is 3.20. The van der Waals surface area contributed by atoms with Gasteiger partial charge in [-0.2, -0.15) is 0 Å². The predicted octanol–water partition coefficient (Wildman–Crippen LogP) is 5.39. The average Bonchev–Trinajstić information content (AvgIpc) is 2.77. The monoisotopic (exact) mass is 609 g/mol. The Balaban J connectivity index is 0.00000363. The van der Waals surface area contributed by atoms with E-state index in [-0.39, 0.29) is 44.1 Å². The van der Waals surface area contributed by atoms with Gasteiger partial charge in [-0.1, -0.05) is 31.2 Å². The third kappa shape index (κ3) is 6.08. The van der Waals surface area contributed by atoms with Gasteiger partial charge in [-0.05, 0) is 43.3 Å². The quantitative estimate of drug-likeness (QED) is 0.277. The first kappa shape index (κ1) is 24.9. The Bertz CT molecular complexity index is 1200. The second-order valence-corrected chi connectivity index (χ2v) is 6.89. The summed E-state index contributed by atoms with van der Waals surface area (Å²) < 4.78 is 0. The van der Waals surface area contributed by atoms with Crippen LogP contribution in [0.2, 0.25) is 0 Å². The van der Waals surface area contributed by atoms with E-state index in [1.54, 1.807) is 43.3 Å². The van der Waals surface area contributed by atoms with E-state index in [4.69, 9.17) is 0 Å². The van der Waals surface area contributed by atoms with Crippen molar-refractivity contribution in [3.05, 3.63) is 82.9 Å². The molecule has 0 bridgehead atoms. The Morgan fingerprint density at radius 3 is 1.72 bits per heavy atom. The van der Waals surface area contributed by atoms with Crippen LogP contribution >= 0.6 is 0 Å². The van der Waals surface area contributed by atoms with Crippen LogP contribution in [-0.4, -0.2) is 34.2 Å². The van der Waals surface area contributed by atoms with E-state index in [2.05, 4.69) is 9.98 Å². The molecule has 0 unspecified atom stereocenters. The summed E-state index contributed by atoms with van der Waals surface area (Å²) in [6.07, 6.45) is 3.37. The van der Waals surface area contributed by atoms with E-state index in [1.165, 1.54) is 31.5 Å². The average molecular weight is 610 g/mol. The minimum atomic E-state index is -0.131. The molecule has 3 aromatic carbocycles. The molecule has 3 aromatic rings. The summed E-state index contributed by atoms with van der Waals surface area (Å²) in [5, 5.41) is 20.3. The SMILES string of the molecule is CCC(=O)c1ccc(C=Nc2ccccc2N=Cc2ccc(C(C)=O)cc2O)c(O)c1.[Pt]. The van der Waals surface area contributed by atoms with Crippen molar-refractivity contribution in [1.82, 2.24) is 0 Å². The molecule has 0 spiro atoms. The van der Waals surface area contributed by atoms with Crippen LogP contribution in [0, 0.1) is 0 Å². The van der Waals surface area contributed by atoms with Gasteiger partial charge in [0.25, 0.3) is 0 Å². The minimum Gasteiger partial charge on any atom is -0.507 e. The number of hydrogen-bond acceptors (Lipinski definition) is 6. The normalized spacial score (nSPS) is 10.9. The standard InChI is InChI=1S/C25H22N2O4.Pt/c1-3-23(29)18-9-11-20(25(31)13-18)15-27-22-7-5-4-6-21(22)26-14-19-10-8-17(16(2)28)12-24(19)30;/h4-15,30-31H,3H2,1-2H3;.